The van der Waals surface area contributed by atoms with Crippen molar-refractivity contribution >= 4 is 17.5 Å². The van der Waals surface area contributed by atoms with E-state index in [1.807, 2.05) is 0 Å². The van der Waals surface area contributed by atoms with E-state index in [1.54, 1.807) is 25.2 Å². The summed E-state index contributed by atoms with van der Waals surface area (Å²) in [7, 11) is 1.59. The molecular weight excluding hydrogens is 175 g/mol. The Bertz CT molecular complexity index is 317. The standard InChI is InChI=1S/C8H9FN2O2/c1-10-6-4-2-3-5-7(6)11(9)8(12)13/h2-5,10H,1H3,(H,12,13). The average molecular weight is 184 g/mol. The smallest absolute Gasteiger partial charge is 0.440 e. The Morgan fingerprint density at radius 1 is 1.54 bits per heavy atom. The van der Waals surface area contributed by atoms with Crippen LogP contribution in [0.3, 0.4) is 0 Å². The summed E-state index contributed by atoms with van der Waals surface area (Å²) >= 11 is 0. The summed E-state index contributed by atoms with van der Waals surface area (Å²) in [6.07, 6.45) is -1.64. The van der Waals surface area contributed by atoms with Crippen LogP contribution >= 0.6 is 0 Å². The molecule has 0 aliphatic carbocycles. The topological polar surface area (TPSA) is 52.6 Å². The highest BCUT2D eigenvalue weighted by atomic mass is 19.2. The van der Waals surface area contributed by atoms with Crippen LogP contribution in [0.25, 0.3) is 0 Å². The molecule has 0 heterocycles. The Morgan fingerprint density at radius 3 is 2.69 bits per heavy atom. The van der Waals surface area contributed by atoms with E-state index >= 15 is 0 Å². The minimum Gasteiger partial charge on any atom is -0.463 e. The van der Waals surface area contributed by atoms with Gasteiger partial charge in [-0.2, -0.15) is 0 Å². The van der Waals surface area contributed by atoms with Gasteiger partial charge in [0.1, 0.15) is 5.69 Å². The number of hydrogen-bond donors (Lipinski definition) is 2. The maximum Gasteiger partial charge on any atom is 0.440 e. The molecule has 4 nitrogen and oxygen atoms in total. The first-order valence-corrected chi connectivity index (χ1v) is 3.62. The van der Waals surface area contributed by atoms with E-state index in [4.69, 9.17) is 5.11 Å². The fraction of sp³-hybridized carbons (Fsp3) is 0.125. The Balaban J connectivity index is 3.05. The molecule has 13 heavy (non-hydrogen) atoms. The van der Waals surface area contributed by atoms with Gasteiger partial charge in [-0.1, -0.05) is 16.6 Å². The lowest BCUT2D eigenvalue weighted by Crippen LogP contribution is -2.19. The van der Waals surface area contributed by atoms with Gasteiger partial charge in [0.25, 0.3) is 0 Å². The van der Waals surface area contributed by atoms with E-state index in [0.29, 0.717) is 5.69 Å². The highest BCUT2D eigenvalue weighted by Gasteiger charge is 2.15. The fourth-order valence-corrected chi connectivity index (χ4v) is 0.959. The van der Waals surface area contributed by atoms with E-state index < -0.39 is 6.09 Å². The van der Waals surface area contributed by atoms with Crippen molar-refractivity contribution in [1.82, 2.24) is 0 Å². The Hall–Kier alpha value is -1.78. The number of nitrogens with zero attached hydrogens (tertiary/aromatic N) is 1. The molecule has 0 spiro atoms. The molecule has 0 aliphatic rings. The number of halogens is 1. The number of anilines is 2. The van der Waals surface area contributed by atoms with Gasteiger partial charge in [0.05, 0.1) is 5.69 Å². The molecular formula is C8H9FN2O2. The SMILES string of the molecule is CNc1ccccc1N(F)C(=O)O. The number of carboxylic acid groups (broad SMARTS) is 1. The molecule has 2 N–H and O–H groups in total. The van der Waals surface area contributed by atoms with Crippen molar-refractivity contribution in [2.24, 2.45) is 0 Å². The number of hydrogen-bond acceptors (Lipinski definition) is 2. The third-order valence-corrected chi connectivity index (χ3v) is 1.55. The molecule has 0 fully saturated rings. The largest absolute Gasteiger partial charge is 0.463 e. The average Bonchev–Trinajstić information content (AvgIpc) is 2.16. The Labute approximate surface area is 74.5 Å². The maximum atomic E-state index is 12.9. The van der Waals surface area contributed by atoms with E-state index in [-0.39, 0.29) is 10.8 Å². The van der Waals surface area contributed by atoms with Crippen molar-refractivity contribution in [3.63, 3.8) is 0 Å². The molecule has 5 heteroatoms. The molecule has 1 rings (SSSR count). The first kappa shape index (κ1) is 9.31. The van der Waals surface area contributed by atoms with Crippen LogP contribution in [0.1, 0.15) is 0 Å². The molecule has 0 unspecified atom stereocenters. The van der Waals surface area contributed by atoms with Crippen molar-refractivity contribution in [1.29, 1.82) is 0 Å². The lowest BCUT2D eigenvalue weighted by atomic mass is 10.2. The van der Waals surface area contributed by atoms with Crippen LogP contribution in [0.4, 0.5) is 20.7 Å². The van der Waals surface area contributed by atoms with Crippen molar-refractivity contribution in [3.05, 3.63) is 24.3 Å². The Kier molecular flexibility index (Phi) is 2.69. The number of para-hydroxylation sites is 2. The summed E-state index contributed by atoms with van der Waals surface area (Å²) < 4.78 is 12.9. The zero-order chi connectivity index (χ0) is 9.84. The van der Waals surface area contributed by atoms with E-state index in [2.05, 4.69) is 5.32 Å². The molecule has 1 aromatic rings. The van der Waals surface area contributed by atoms with Gasteiger partial charge in [-0.25, -0.2) is 4.79 Å². The van der Waals surface area contributed by atoms with Gasteiger partial charge in [-0.15, -0.1) is 5.12 Å². The molecule has 0 radical (unpaired) electrons. The second-order valence-corrected chi connectivity index (χ2v) is 2.33. The molecule has 0 bridgehead atoms. The van der Waals surface area contributed by atoms with E-state index in [0.717, 1.165) is 0 Å². The first-order valence-electron chi connectivity index (χ1n) is 3.62. The molecule has 1 amide bonds. The predicted octanol–water partition coefficient (Wildman–Crippen LogP) is 2.10. The van der Waals surface area contributed by atoms with Gasteiger partial charge >= 0.3 is 6.09 Å². The summed E-state index contributed by atoms with van der Waals surface area (Å²) in [5.74, 6) is 0. The highest BCUT2D eigenvalue weighted by Crippen LogP contribution is 2.25. The van der Waals surface area contributed by atoms with Crippen LogP contribution in [0.15, 0.2) is 24.3 Å². The van der Waals surface area contributed by atoms with Crippen molar-refractivity contribution in [3.8, 4) is 0 Å². The van der Waals surface area contributed by atoms with Gasteiger partial charge in [0.15, 0.2) is 0 Å². The third kappa shape index (κ3) is 1.87. The van der Waals surface area contributed by atoms with Crippen molar-refractivity contribution in [2.45, 2.75) is 0 Å². The van der Waals surface area contributed by atoms with Crippen LogP contribution in [0.2, 0.25) is 0 Å². The second kappa shape index (κ2) is 3.75. The molecule has 70 valence electrons. The number of nitrogens with one attached hydrogen (secondary N) is 1. The zero-order valence-electron chi connectivity index (χ0n) is 6.99. The fourth-order valence-electron chi connectivity index (χ4n) is 0.959. The highest BCUT2D eigenvalue weighted by molar-refractivity contribution is 5.88. The zero-order valence-corrected chi connectivity index (χ0v) is 6.99. The molecule has 0 saturated carbocycles. The molecule has 0 aromatic heterocycles. The number of amides is 1. The first-order chi connectivity index (χ1) is 6.16. The van der Waals surface area contributed by atoms with Crippen LogP contribution < -0.4 is 10.4 Å². The lowest BCUT2D eigenvalue weighted by Gasteiger charge is -2.11. The number of benzene rings is 1. The van der Waals surface area contributed by atoms with Crippen LogP contribution in [0.5, 0.6) is 0 Å². The molecule has 0 atom stereocenters. The van der Waals surface area contributed by atoms with Gasteiger partial charge < -0.3 is 10.4 Å². The molecule has 0 saturated heterocycles. The van der Waals surface area contributed by atoms with Crippen molar-refractivity contribution in [2.75, 3.05) is 17.5 Å². The van der Waals surface area contributed by atoms with Crippen LogP contribution in [0, 0.1) is 0 Å². The summed E-state index contributed by atoms with van der Waals surface area (Å²) in [4.78, 5) is 10.3. The number of carbonyl (C=O) groups is 1. The molecule has 1 aromatic carbocycles. The van der Waals surface area contributed by atoms with Crippen LogP contribution in [-0.2, 0) is 0 Å². The monoisotopic (exact) mass is 184 g/mol. The minimum absolute atomic E-state index is 0.0162. The van der Waals surface area contributed by atoms with Gasteiger partial charge in [-0.05, 0) is 12.1 Å². The Morgan fingerprint density at radius 2 is 2.15 bits per heavy atom. The lowest BCUT2D eigenvalue weighted by molar-refractivity contribution is 0.186. The quantitative estimate of drug-likeness (QED) is 0.692. The third-order valence-electron chi connectivity index (χ3n) is 1.55. The second-order valence-electron chi connectivity index (χ2n) is 2.33. The van der Waals surface area contributed by atoms with E-state index in [9.17, 15) is 9.28 Å². The summed E-state index contributed by atoms with van der Waals surface area (Å²) in [6.45, 7) is 0. The van der Waals surface area contributed by atoms with Gasteiger partial charge in [-0.3, -0.25) is 0 Å². The summed E-state index contributed by atoms with van der Waals surface area (Å²) in [6, 6.07) is 6.21. The minimum atomic E-state index is -1.64. The summed E-state index contributed by atoms with van der Waals surface area (Å²) in [5, 5.41) is 10.7. The van der Waals surface area contributed by atoms with Gasteiger partial charge in [0.2, 0.25) is 0 Å². The van der Waals surface area contributed by atoms with Crippen molar-refractivity contribution < 1.29 is 14.4 Å². The normalized spacial score (nSPS) is 9.38. The predicted molar refractivity (Wildman–Crippen MR) is 47.6 cm³/mol. The molecule has 0 aliphatic heterocycles. The number of rotatable bonds is 2. The van der Waals surface area contributed by atoms with E-state index in [1.165, 1.54) is 6.07 Å². The van der Waals surface area contributed by atoms with Gasteiger partial charge in [0, 0.05) is 7.05 Å². The maximum absolute atomic E-state index is 12.9. The summed E-state index contributed by atoms with van der Waals surface area (Å²) in [5.41, 5.74) is 0.407. The van der Waals surface area contributed by atoms with Crippen LogP contribution in [-0.4, -0.2) is 18.2 Å².